The van der Waals surface area contributed by atoms with Crippen molar-refractivity contribution in [2.45, 2.75) is 18.4 Å². The number of carbonyl (C=O) groups is 4. The van der Waals surface area contributed by atoms with Gasteiger partial charge in [-0.05, 0) is 52.1 Å². The molecule has 0 saturated carbocycles. The molecular formula is C33H26N2O7. The van der Waals surface area contributed by atoms with Crippen LogP contribution in [0.4, 0.5) is 4.79 Å². The van der Waals surface area contributed by atoms with Crippen LogP contribution in [0.3, 0.4) is 0 Å². The molecule has 9 heteroatoms. The zero-order chi connectivity index (χ0) is 29.2. The number of nitrogens with one attached hydrogen (secondary N) is 1. The van der Waals surface area contributed by atoms with Gasteiger partial charge in [0.25, 0.3) is 11.8 Å². The Hall–Kier alpha value is -5.44. The first-order chi connectivity index (χ1) is 20.4. The molecule has 9 nitrogen and oxygen atoms in total. The summed E-state index contributed by atoms with van der Waals surface area (Å²) < 4.78 is 10.9. The molecule has 0 fully saturated rings. The number of hydrogen-bond acceptors (Lipinski definition) is 7. The molecule has 0 aromatic heterocycles. The molecule has 0 radical (unpaired) electrons. The largest absolute Gasteiger partial charge is 0.497 e. The fourth-order valence-electron chi connectivity index (χ4n) is 5.41. The molecule has 1 aliphatic heterocycles. The third kappa shape index (κ3) is 4.96. The van der Waals surface area contributed by atoms with Crippen LogP contribution in [0.2, 0.25) is 0 Å². The maximum atomic E-state index is 13.4. The molecule has 4 aromatic rings. The number of rotatable bonds is 8. The number of methoxy groups -OCH3 is 1. The number of amides is 3. The highest BCUT2D eigenvalue weighted by Crippen LogP contribution is 2.44. The van der Waals surface area contributed by atoms with Crippen molar-refractivity contribution in [2.24, 2.45) is 0 Å². The van der Waals surface area contributed by atoms with Gasteiger partial charge in [0.15, 0.2) is 0 Å². The lowest BCUT2D eigenvalue weighted by Gasteiger charge is -2.21. The van der Waals surface area contributed by atoms with E-state index in [0.717, 1.165) is 22.3 Å². The SMILES string of the molecule is COc1cccc(CC(NC(=O)OCC2c3ccccc3-c3ccccc32)C(=O)ON2C(=O)c3ccccc3C2=O)c1. The number of nitrogens with zero attached hydrogens (tertiary/aromatic N) is 1. The molecule has 1 aliphatic carbocycles. The normalized spacial score (nSPS) is 14.1. The van der Waals surface area contributed by atoms with E-state index in [1.807, 2.05) is 48.5 Å². The van der Waals surface area contributed by atoms with Crippen LogP contribution in [0.25, 0.3) is 11.1 Å². The van der Waals surface area contributed by atoms with Gasteiger partial charge in [0.2, 0.25) is 0 Å². The van der Waals surface area contributed by atoms with E-state index in [-0.39, 0.29) is 30.1 Å². The van der Waals surface area contributed by atoms with Gasteiger partial charge in [0.1, 0.15) is 18.4 Å². The van der Waals surface area contributed by atoms with Crippen LogP contribution in [-0.2, 0) is 20.8 Å². The molecule has 210 valence electrons. The Morgan fingerprint density at radius 1 is 0.786 bits per heavy atom. The minimum atomic E-state index is -1.28. The molecule has 0 saturated heterocycles. The second-order valence-electron chi connectivity index (χ2n) is 9.94. The highest BCUT2D eigenvalue weighted by atomic mass is 16.7. The molecule has 42 heavy (non-hydrogen) atoms. The van der Waals surface area contributed by atoms with Gasteiger partial charge in [-0.1, -0.05) is 77.9 Å². The lowest BCUT2D eigenvalue weighted by atomic mass is 9.98. The van der Waals surface area contributed by atoms with Crippen molar-refractivity contribution in [2.75, 3.05) is 13.7 Å². The van der Waals surface area contributed by atoms with Crippen molar-refractivity contribution in [3.63, 3.8) is 0 Å². The Kier molecular flexibility index (Phi) is 7.14. The Balaban J connectivity index is 1.19. The Morgan fingerprint density at radius 3 is 1.95 bits per heavy atom. The number of carbonyl (C=O) groups excluding carboxylic acids is 4. The predicted molar refractivity (Wildman–Crippen MR) is 152 cm³/mol. The molecule has 0 spiro atoms. The average Bonchev–Trinajstić information content (AvgIpc) is 3.47. The number of alkyl carbamates (subject to hydrolysis) is 1. The van der Waals surface area contributed by atoms with E-state index >= 15 is 0 Å². The van der Waals surface area contributed by atoms with Gasteiger partial charge < -0.3 is 19.6 Å². The summed E-state index contributed by atoms with van der Waals surface area (Å²) in [6.07, 6.45) is -0.854. The Morgan fingerprint density at radius 2 is 1.36 bits per heavy atom. The van der Waals surface area contributed by atoms with E-state index in [4.69, 9.17) is 14.3 Å². The monoisotopic (exact) mass is 562 g/mol. The maximum Gasteiger partial charge on any atom is 0.407 e. The van der Waals surface area contributed by atoms with Crippen molar-refractivity contribution in [3.05, 3.63) is 125 Å². The second-order valence-corrected chi connectivity index (χ2v) is 9.94. The van der Waals surface area contributed by atoms with E-state index in [2.05, 4.69) is 5.32 Å². The predicted octanol–water partition coefficient (Wildman–Crippen LogP) is 4.90. The molecule has 0 bridgehead atoms. The minimum absolute atomic E-state index is 0.0105. The first-order valence-electron chi connectivity index (χ1n) is 13.4. The van der Waals surface area contributed by atoms with Crippen LogP contribution in [0.1, 0.15) is 43.3 Å². The Bertz CT molecular complexity index is 1640. The molecule has 1 unspecified atom stereocenters. The van der Waals surface area contributed by atoms with Crippen LogP contribution < -0.4 is 10.1 Å². The topological polar surface area (TPSA) is 111 Å². The van der Waals surface area contributed by atoms with E-state index < -0.39 is 29.9 Å². The van der Waals surface area contributed by atoms with Crippen molar-refractivity contribution in [1.29, 1.82) is 0 Å². The fourth-order valence-corrected chi connectivity index (χ4v) is 5.41. The van der Waals surface area contributed by atoms with E-state index in [9.17, 15) is 19.2 Å². The molecule has 3 amide bonds. The number of hydroxylamine groups is 2. The molecule has 1 heterocycles. The van der Waals surface area contributed by atoms with Crippen molar-refractivity contribution < 1.29 is 33.5 Å². The zero-order valence-electron chi connectivity index (χ0n) is 22.6. The van der Waals surface area contributed by atoms with Gasteiger partial charge in [0, 0.05) is 12.3 Å². The summed E-state index contributed by atoms with van der Waals surface area (Å²) in [6, 6.07) is 27.8. The first-order valence-corrected chi connectivity index (χ1v) is 13.4. The van der Waals surface area contributed by atoms with Crippen molar-refractivity contribution >= 4 is 23.9 Å². The molecule has 1 N–H and O–H groups in total. The summed E-state index contributed by atoms with van der Waals surface area (Å²) in [5, 5.41) is 3.00. The standard InChI is InChI=1S/C33H26N2O7/c1-40-21-10-8-9-20(17-21)18-29(32(38)42-35-30(36)26-15-6-7-16-27(26)31(35)37)34-33(39)41-19-28-24-13-4-2-11-22(24)23-12-3-5-14-25(23)28/h2-17,28-29H,18-19H2,1H3,(H,34,39). The molecule has 4 aromatic carbocycles. The zero-order valence-corrected chi connectivity index (χ0v) is 22.6. The summed E-state index contributed by atoms with van der Waals surface area (Å²) in [7, 11) is 1.52. The third-order valence-corrected chi connectivity index (χ3v) is 7.43. The summed E-state index contributed by atoms with van der Waals surface area (Å²) in [6.45, 7) is 0.0409. The van der Waals surface area contributed by atoms with Gasteiger partial charge in [-0.15, -0.1) is 0 Å². The summed E-state index contributed by atoms with van der Waals surface area (Å²) in [4.78, 5) is 57.3. The van der Waals surface area contributed by atoms with Crippen molar-refractivity contribution in [1.82, 2.24) is 10.4 Å². The van der Waals surface area contributed by atoms with Gasteiger partial charge in [-0.2, -0.15) is 0 Å². The fraction of sp³-hybridized carbons (Fsp3) is 0.152. The number of fused-ring (bicyclic) bond motifs is 4. The number of ether oxygens (including phenoxy) is 2. The lowest BCUT2D eigenvalue weighted by Crippen LogP contribution is -2.47. The number of benzene rings is 4. The summed E-state index contributed by atoms with van der Waals surface area (Å²) in [5.41, 5.74) is 5.17. The molecular weight excluding hydrogens is 536 g/mol. The Labute approximate surface area is 241 Å². The molecule has 1 atom stereocenters. The van der Waals surface area contributed by atoms with Crippen LogP contribution in [-0.4, -0.2) is 48.7 Å². The lowest BCUT2D eigenvalue weighted by molar-refractivity contribution is -0.171. The first kappa shape index (κ1) is 26.8. The number of hydrogen-bond donors (Lipinski definition) is 1. The maximum absolute atomic E-state index is 13.4. The number of imide groups is 1. The van der Waals surface area contributed by atoms with Gasteiger partial charge in [-0.3, -0.25) is 9.59 Å². The second kappa shape index (κ2) is 11.2. The van der Waals surface area contributed by atoms with Crippen LogP contribution in [0.15, 0.2) is 97.1 Å². The van der Waals surface area contributed by atoms with Gasteiger partial charge in [0.05, 0.1) is 18.2 Å². The van der Waals surface area contributed by atoms with Crippen LogP contribution >= 0.6 is 0 Å². The van der Waals surface area contributed by atoms with Gasteiger partial charge in [-0.25, -0.2) is 9.59 Å². The highest BCUT2D eigenvalue weighted by molar-refractivity contribution is 6.21. The smallest absolute Gasteiger partial charge is 0.407 e. The average molecular weight is 563 g/mol. The highest BCUT2D eigenvalue weighted by Gasteiger charge is 2.40. The summed E-state index contributed by atoms with van der Waals surface area (Å²) >= 11 is 0. The minimum Gasteiger partial charge on any atom is -0.497 e. The van der Waals surface area contributed by atoms with Gasteiger partial charge >= 0.3 is 12.1 Å². The quantitative estimate of drug-likeness (QED) is 0.304. The van der Waals surface area contributed by atoms with E-state index in [1.54, 1.807) is 36.4 Å². The van der Waals surface area contributed by atoms with E-state index in [0.29, 0.717) is 16.4 Å². The van der Waals surface area contributed by atoms with E-state index in [1.165, 1.54) is 19.2 Å². The van der Waals surface area contributed by atoms with Crippen molar-refractivity contribution in [3.8, 4) is 16.9 Å². The summed E-state index contributed by atoms with van der Waals surface area (Å²) in [5.74, 6) is -2.14. The molecule has 6 rings (SSSR count). The molecule has 2 aliphatic rings. The van der Waals surface area contributed by atoms with Crippen LogP contribution in [0, 0.1) is 0 Å². The van der Waals surface area contributed by atoms with Crippen LogP contribution in [0.5, 0.6) is 5.75 Å². The third-order valence-electron chi connectivity index (χ3n) is 7.43.